The van der Waals surface area contributed by atoms with Crippen molar-refractivity contribution in [1.82, 2.24) is 15.1 Å². The Labute approximate surface area is 120 Å². The van der Waals surface area contributed by atoms with Gasteiger partial charge in [0.05, 0.1) is 18.7 Å². The normalized spacial score (nSPS) is 27.1. The summed E-state index contributed by atoms with van der Waals surface area (Å²) in [5.74, 6) is -0.164. The number of nitrogens with zero attached hydrogens (tertiary/aromatic N) is 2. The zero-order valence-electron chi connectivity index (χ0n) is 12.4. The number of piperidine rings is 1. The van der Waals surface area contributed by atoms with Gasteiger partial charge < -0.3 is 15.3 Å². The Hall–Kier alpha value is -1.14. The fourth-order valence-electron chi connectivity index (χ4n) is 2.57. The Kier molecular flexibility index (Phi) is 4.65. The number of aliphatic hydroxyl groups is 1. The van der Waals surface area contributed by atoms with Crippen molar-refractivity contribution in [2.45, 2.75) is 44.2 Å². The van der Waals surface area contributed by atoms with E-state index < -0.39 is 5.60 Å². The Bertz CT molecular complexity index is 380. The van der Waals surface area contributed by atoms with Crippen molar-refractivity contribution in [3.05, 3.63) is 0 Å². The third kappa shape index (κ3) is 4.76. The lowest BCUT2D eigenvalue weighted by Crippen LogP contribution is -2.50. The van der Waals surface area contributed by atoms with E-state index in [1.54, 1.807) is 14.0 Å². The van der Waals surface area contributed by atoms with Gasteiger partial charge in [-0.1, -0.05) is 0 Å². The summed E-state index contributed by atoms with van der Waals surface area (Å²) < 4.78 is 0. The molecule has 6 nitrogen and oxygen atoms in total. The van der Waals surface area contributed by atoms with Crippen LogP contribution in [0.15, 0.2) is 0 Å². The molecule has 1 aliphatic carbocycles. The van der Waals surface area contributed by atoms with Gasteiger partial charge in [-0.3, -0.25) is 14.5 Å². The first-order chi connectivity index (χ1) is 9.35. The summed E-state index contributed by atoms with van der Waals surface area (Å²) in [5.41, 5.74) is -0.708. The van der Waals surface area contributed by atoms with E-state index >= 15 is 0 Å². The highest BCUT2D eigenvalue weighted by Crippen LogP contribution is 2.20. The molecule has 2 N–H and O–H groups in total. The number of nitrogens with one attached hydrogen (secondary N) is 1. The summed E-state index contributed by atoms with van der Waals surface area (Å²) >= 11 is 0. The standard InChI is InChI=1S/C14H25N3O3/c1-14(20)6-3-7-17(10-14)9-13(19)16(2)8-12(18)15-11-4-5-11/h11,20H,3-10H2,1-2H3,(H,15,18). The summed E-state index contributed by atoms with van der Waals surface area (Å²) in [6.07, 6.45) is 3.77. The van der Waals surface area contributed by atoms with E-state index in [4.69, 9.17) is 0 Å². The number of likely N-dealkylation sites (N-methyl/N-ethyl adjacent to an activating group) is 1. The van der Waals surface area contributed by atoms with Crippen LogP contribution < -0.4 is 5.32 Å². The first kappa shape index (κ1) is 15.3. The summed E-state index contributed by atoms with van der Waals surface area (Å²) in [6.45, 7) is 3.52. The second-order valence-electron chi connectivity index (χ2n) is 6.40. The molecular weight excluding hydrogens is 258 g/mol. The molecule has 0 aromatic rings. The lowest BCUT2D eigenvalue weighted by atomic mass is 9.95. The van der Waals surface area contributed by atoms with Crippen molar-refractivity contribution in [2.24, 2.45) is 0 Å². The SMILES string of the molecule is CN(CC(=O)NC1CC1)C(=O)CN1CCCC(C)(O)C1. The average molecular weight is 283 g/mol. The van der Waals surface area contributed by atoms with Crippen molar-refractivity contribution in [3.8, 4) is 0 Å². The lowest BCUT2D eigenvalue weighted by molar-refractivity contribution is -0.136. The van der Waals surface area contributed by atoms with Crippen molar-refractivity contribution in [3.63, 3.8) is 0 Å². The number of likely N-dealkylation sites (tertiary alicyclic amines) is 1. The second-order valence-corrected chi connectivity index (χ2v) is 6.40. The third-order valence-electron chi connectivity index (χ3n) is 3.86. The maximum atomic E-state index is 12.1. The Balaban J connectivity index is 1.73. The Morgan fingerprint density at radius 1 is 1.45 bits per heavy atom. The number of rotatable bonds is 5. The number of β-amino-alcohol motifs (C(OH)–C–C–N with tert-alkyl or cyclic N) is 1. The zero-order chi connectivity index (χ0) is 14.8. The first-order valence-electron chi connectivity index (χ1n) is 7.34. The van der Waals surface area contributed by atoms with Crippen LogP contribution in [-0.2, 0) is 9.59 Å². The number of amides is 2. The predicted octanol–water partition coefficient (Wildman–Crippen LogP) is -0.430. The highest BCUT2D eigenvalue weighted by Gasteiger charge is 2.30. The van der Waals surface area contributed by atoms with Gasteiger partial charge in [0.25, 0.3) is 0 Å². The molecule has 1 atom stereocenters. The monoisotopic (exact) mass is 283 g/mol. The van der Waals surface area contributed by atoms with Crippen LogP contribution in [0.2, 0.25) is 0 Å². The van der Waals surface area contributed by atoms with Crippen molar-refractivity contribution in [2.75, 3.05) is 33.2 Å². The summed E-state index contributed by atoms with van der Waals surface area (Å²) in [5, 5.41) is 12.9. The van der Waals surface area contributed by atoms with Crippen LogP contribution in [-0.4, -0.2) is 71.6 Å². The highest BCUT2D eigenvalue weighted by molar-refractivity contribution is 5.85. The van der Waals surface area contributed by atoms with Crippen LogP contribution >= 0.6 is 0 Å². The highest BCUT2D eigenvalue weighted by atomic mass is 16.3. The molecule has 2 rings (SSSR count). The molecular formula is C14H25N3O3. The molecule has 1 saturated heterocycles. The smallest absolute Gasteiger partial charge is 0.239 e. The zero-order valence-corrected chi connectivity index (χ0v) is 12.4. The number of carbonyl (C=O) groups is 2. The van der Waals surface area contributed by atoms with Crippen LogP contribution in [0, 0.1) is 0 Å². The van der Waals surface area contributed by atoms with Crippen LogP contribution in [0.1, 0.15) is 32.6 Å². The van der Waals surface area contributed by atoms with E-state index in [1.165, 1.54) is 4.90 Å². The fourth-order valence-corrected chi connectivity index (χ4v) is 2.57. The molecule has 0 radical (unpaired) electrons. The van der Waals surface area contributed by atoms with Gasteiger partial charge in [0, 0.05) is 19.6 Å². The molecule has 0 aromatic heterocycles. The maximum absolute atomic E-state index is 12.1. The molecule has 0 aromatic carbocycles. The number of carbonyl (C=O) groups excluding carboxylic acids is 2. The summed E-state index contributed by atoms with van der Waals surface area (Å²) in [4.78, 5) is 27.1. The molecule has 1 aliphatic heterocycles. The van der Waals surface area contributed by atoms with Crippen molar-refractivity contribution < 1.29 is 14.7 Å². The van der Waals surface area contributed by atoms with E-state index in [9.17, 15) is 14.7 Å². The van der Waals surface area contributed by atoms with E-state index in [1.807, 2.05) is 4.90 Å². The van der Waals surface area contributed by atoms with Crippen LogP contribution in [0.3, 0.4) is 0 Å². The minimum Gasteiger partial charge on any atom is -0.389 e. The molecule has 2 fully saturated rings. The molecule has 0 spiro atoms. The summed E-state index contributed by atoms with van der Waals surface area (Å²) in [6, 6.07) is 0.322. The van der Waals surface area contributed by atoms with E-state index in [-0.39, 0.29) is 24.9 Å². The predicted molar refractivity (Wildman–Crippen MR) is 75.1 cm³/mol. The van der Waals surface area contributed by atoms with Crippen LogP contribution in [0.4, 0.5) is 0 Å². The summed E-state index contributed by atoms with van der Waals surface area (Å²) in [7, 11) is 1.65. The van der Waals surface area contributed by atoms with Crippen molar-refractivity contribution in [1.29, 1.82) is 0 Å². The molecule has 0 bridgehead atoms. The Morgan fingerprint density at radius 2 is 2.15 bits per heavy atom. The van der Waals surface area contributed by atoms with Gasteiger partial charge in [-0.15, -0.1) is 0 Å². The fraction of sp³-hybridized carbons (Fsp3) is 0.857. The van der Waals surface area contributed by atoms with Gasteiger partial charge in [0.2, 0.25) is 11.8 Å². The van der Waals surface area contributed by atoms with Crippen LogP contribution in [0.5, 0.6) is 0 Å². The molecule has 114 valence electrons. The maximum Gasteiger partial charge on any atom is 0.239 e. The van der Waals surface area contributed by atoms with Crippen molar-refractivity contribution >= 4 is 11.8 Å². The minimum atomic E-state index is -0.708. The van der Waals surface area contributed by atoms with E-state index in [0.29, 0.717) is 12.6 Å². The second kappa shape index (κ2) is 6.10. The molecule has 20 heavy (non-hydrogen) atoms. The van der Waals surface area contributed by atoms with Gasteiger partial charge >= 0.3 is 0 Å². The van der Waals surface area contributed by atoms with Gasteiger partial charge in [0.1, 0.15) is 0 Å². The molecule has 1 saturated carbocycles. The van der Waals surface area contributed by atoms with Gasteiger partial charge in [-0.2, -0.15) is 0 Å². The third-order valence-corrected chi connectivity index (χ3v) is 3.86. The lowest BCUT2D eigenvalue weighted by Gasteiger charge is -2.36. The topological polar surface area (TPSA) is 72.9 Å². The average Bonchev–Trinajstić information content (AvgIpc) is 3.11. The van der Waals surface area contributed by atoms with E-state index in [0.717, 1.165) is 32.2 Å². The largest absolute Gasteiger partial charge is 0.389 e. The molecule has 2 aliphatic rings. The molecule has 6 heteroatoms. The number of hydrogen-bond donors (Lipinski definition) is 2. The van der Waals surface area contributed by atoms with E-state index in [2.05, 4.69) is 5.32 Å². The molecule has 1 unspecified atom stereocenters. The molecule has 2 amide bonds. The quantitative estimate of drug-likeness (QED) is 0.718. The number of hydrogen-bond acceptors (Lipinski definition) is 4. The Morgan fingerprint density at radius 3 is 2.75 bits per heavy atom. The van der Waals surface area contributed by atoms with Crippen LogP contribution in [0.25, 0.3) is 0 Å². The first-order valence-corrected chi connectivity index (χ1v) is 7.34. The molecule has 1 heterocycles. The minimum absolute atomic E-state index is 0.0753. The van der Waals surface area contributed by atoms with Gasteiger partial charge in [-0.05, 0) is 39.2 Å². The van der Waals surface area contributed by atoms with Gasteiger partial charge in [0.15, 0.2) is 0 Å². The van der Waals surface area contributed by atoms with Gasteiger partial charge in [-0.25, -0.2) is 0 Å².